The van der Waals surface area contributed by atoms with E-state index >= 15 is 0 Å². The second-order valence-corrected chi connectivity index (χ2v) is 4.86. The molecule has 0 aromatic rings. The van der Waals surface area contributed by atoms with Gasteiger partial charge in [0.1, 0.15) is 0 Å². The Morgan fingerprint density at radius 3 is 2.18 bits per heavy atom. The topological polar surface area (TPSA) is 0 Å². The average Bonchev–Trinajstić information content (AvgIpc) is 2.09. The molecule has 1 fully saturated rings. The molecule has 1 aliphatic heterocycles. The molecule has 1 aliphatic rings. The van der Waals surface area contributed by atoms with Crippen LogP contribution in [0.5, 0.6) is 0 Å². The monoisotopic (exact) mass is 212 g/mol. The number of thioether (sulfide) groups is 1. The van der Waals surface area contributed by atoms with E-state index in [4.69, 9.17) is 23.2 Å². The van der Waals surface area contributed by atoms with Crippen molar-refractivity contribution in [1.82, 2.24) is 0 Å². The van der Waals surface area contributed by atoms with Crippen molar-refractivity contribution in [3.8, 4) is 0 Å². The molecule has 1 rings (SSSR count). The quantitative estimate of drug-likeness (QED) is 0.648. The maximum atomic E-state index is 5.81. The lowest BCUT2D eigenvalue weighted by Gasteiger charge is -2.26. The zero-order valence-corrected chi connectivity index (χ0v) is 8.89. The summed E-state index contributed by atoms with van der Waals surface area (Å²) >= 11 is 13.7. The zero-order chi connectivity index (χ0) is 8.10. The normalized spacial score (nSPS) is 21.0. The van der Waals surface area contributed by atoms with E-state index in [1.54, 1.807) is 0 Å². The molecule has 0 amide bonds. The number of hydrogen-bond donors (Lipinski definition) is 0. The summed E-state index contributed by atoms with van der Waals surface area (Å²) < 4.78 is 0. The molecule has 66 valence electrons. The number of alkyl halides is 2. The van der Waals surface area contributed by atoms with Crippen molar-refractivity contribution in [2.24, 2.45) is 11.8 Å². The van der Waals surface area contributed by atoms with E-state index in [-0.39, 0.29) is 0 Å². The highest BCUT2D eigenvalue weighted by Gasteiger charge is 2.21. The molecule has 0 nitrogen and oxygen atoms in total. The average molecular weight is 213 g/mol. The molecule has 0 N–H and O–H groups in total. The second-order valence-electron chi connectivity index (χ2n) is 3.02. The molecule has 0 aliphatic carbocycles. The molecule has 0 bridgehead atoms. The molecule has 0 aromatic carbocycles. The van der Waals surface area contributed by atoms with Crippen LogP contribution in [0.25, 0.3) is 0 Å². The molecular formula is C8H14Cl2S. The molecule has 1 heterocycles. The van der Waals surface area contributed by atoms with Crippen molar-refractivity contribution < 1.29 is 0 Å². The fraction of sp³-hybridized carbons (Fsp3) is 1.00. The van der Waals surface area contributed by atoms with Gasteiger partial charge in [0.15, 0.2) is 0 Å². The zero-order valence-electron chi connectivity index (χ0n) is 6.56. The van der Waals surface area contributed by atoms with Crippen LogP contribution in [0.3, 0.4) is 0 Å². The van der Waals surface area contributed by atoms with Gasteiger partial charge in [0.05, 0.1) is 0 Å². The Labute approximate surface area is 83.0 Å². The fourth-order valence-corrected chi connectivity index (χ4v) is 3.46. The van der Waals surface area contributed by atoms with Crippen LogP contribution in [-0.4, -0.2) is 23.3 Å². The molecule has 0 aromatic heterocycles. The highest BCUT2D eigenvalue weighted by Crippen LogP contribution is 2.30. The van der Waals surface area contributed by atoms with Gasteiger partial charge in [-0.15, -0.1) is 23.2 Å². The Kier molecular flexibility index (Phi) is 5.06. The third-order valence-corrected chi connectivity index (χ3v) is 4.17. The summed E-state index contributed by atoms with van der Waals surface area (Å²) in [4.78, 5) is 0. The minimum atomic E-state index is 0.555. The molecule has 0 spiro atoms. The molecule has 1 saturated heterocycles. The van der Waals surface area contributed by atoms with E-state index in [1.165, 1.54) is 24.3 Å². The van der Waals surface area contributed by atoms with E-state index in [9.17, 15) is 0 Å². The first-order valence-electron chi connectivity index (χ1n) is 4.08. The third-order valence-electron chi connectivity index (χ3n) is 2.33. The number of hydrogen-bond acceptors (Lipinski definition) is 1. The van der Waals surface area contributed by atoms with Gasteiger partial charge in [-0.1, -0.05) is 0 Å². The molecule has 0 atom stereocenters. The van der Waals surface area contributed by atoms with Gasteiger partial charge in [-0.3, -0.25) is 0 Å². The summed E-state index contributed by atoms with van der Waals surface area (Å²) in [7, 11) is 0. The van der Waals surface area contributed by atoms with Crippen molar-refractivity contribution in [3.05, 3.63) is 0 Å². The first-order valence-corrected chi connectivity index (χ1v) is 6.30. The van der Waals surface area contributed by atoms with Gasteiger partial charge in [0.2, 0.25) is 0 Å². The minimum absolute atomic E-state index is 0.555. The summed E-state index contributed by atoms with van der Waals surface area (Å²) in [5.74, 6) is 5.42. The van der Waals surface area contributed by atoms with Crippen LogP contribution in [0, 0.1) is 11.8 Å². The fourth-order valence-electron chi connectivity index (χ4n) is 1.48. The highest BCUT2D eigenvalue weighted by molar-refractivity contribution is 7.99. The van der Waals surface area contributed by atoms with Crippen molar-refractivity contribution in [3.63, 3.8) is 0 Å². The van der Waals surface area contributed by atoms with Crippen LogP contribution in [0.2, 0.25) is 0 Å². The molecule has 3 heteroatoms. The van der Waals surface area contributed by atoms with Gasteiger partial charge in [0, 0.05) is 11.8 Å². The van der Waals surface area contributed by atoms with Gasteiger partial charge >= 0.3 is 0 Å². The minimum Gasteiger partial charge on any atom is -0.162 e. The first-order chi connectivity index (χ1) is 5.38. The molecular weight excluding hydrogens is 199 g/mol. The predicted octanol–water partition coefficient (Wildman–Crippen LogP) is 3.22. The van der Waals surface area contributed by atoms with Gasteiger partial charge < -0.3 is 0 Å². The number of rotatable bonds is 3. The maximum Gasteiger partial charge on any atom is 0.0265 e. The lowest BCUT2D eigenvalue weighted by atomic mass is 9.90. The van der Waals surface area contributed by atoms with E-state index in [2.05, 4.69) is 11.8 Å². The highest BCUT2D eigenvalue weighted by atomic mass is 35.5. The van der Waals surface area contributed by atoms with Gasteiger partial charge in [-0.2, -0.15) is 11.8 Å². The van der Waals surface area contributed by atoms with Crippen LogP contribution in [0.1, 0.15) is 12.8 Å². The Balaban J connectivity index is 2.30. The van der Waals surface area contributed by atoms with Crippen molar-refractivity contribution in [2.75, 3.05) is 23.3 Å². The number of halogens is 2. The van der Waals surface area contributed by atoms with Crippen LogP contribution < -0.4 is 0 Å². The van der Waals surface area contributed by atoms with Crippen molar-refractivity contribution >= 4 is 35.0 Å². The molecule has 0 saturated carbocycles. The standard InChI is InChI=1S/C8H14Cl2S/c9-5-8(6-10)7-1-3-11-4-2-7/h7-8H,1-6H2. The van der Waals surface area contributed by atoms with Crippen molar-refractivity contribution in [2.45, 2.75) is 12.8 Å². The van der Waals surface area contributed by atoms with Gasteiger partial charge in [0.25, 0.3) is 0 Å². The van der Waals surface area contributed by atoms with Crippen LogP contribution in [-0.2, 0) is 0 Å². The summed E-state index contributed by atoms with van der Waals surface area (Å²) in [5, 5.41) is 0. The molecule has 0 unspecified atom stereocenters. The largest absolute Gasteiger partial charge is 0.162 e. The summed E-state index contributed by atoms with van der Waals surface area (Å²) in [6.45, 7) is 0. The van der Waals surface area contributed by atoms with Crippen LogP contribution in [0.4, 0.5) is 0 Å². The van der Waals surface area contributed by atoms with E-state index in [0.29, 0.717) is 5.92 Å². The lowest BCUT2D eigenvalue weighted by Crippen LogP contribution is -2.22. The van der Waals surface area contributed by atoms with Crippen LogP contribution in [0.15, 0.2) is 0 Å². The van der Waals surface area contributed by atoms with Crippen molar-refractivity contribution in [1.29, 1.82) is 0 Å². The summed E-state index contributed by atoms with van der Waals surface area (Å²) in [6.07, 6.45) is 2.63. The van der Waals surface area contributed by atoms with Gasteiger partial charge in [-0.05, 0) is 36.2 Å². The Morgan fingerprint density at radius 1 is 1.18 bits per heavy atom. The SMILES string of the molecule is ClCC(CCl)C1CCSCC1. The summed E-state index contributed by atoms with van der Waals surface area (Å²) in [5.41, 5.74) is 0. The van der Waals surface area contributed by atoms with E-state index in [0.717, 1.165) is 17.7 Å². The smallest absolute Gasteiger partial charge is 0.0265 e. The van der Waals surface area contributed by atoms with E-state index < -0.39 is 0 Å². The Hall–Kier alpha value is 0.930. The predicted molar refractivity (Wildman–Crippen MR) is 55.0 cm³/mol. The molecule has 0 radical (unpaired) electrons. The Morgan fingerprint density at radius 2 is 1.73 bits per heavy atom. The molecule has 11 heavy (non-hydrogen) atoms. The maximum absolute atomic E-state index is 5.81. The Bertz CT molecular complexity index is 98.3. The van der Waals surface area contributed by atoms with Crippen LogP contribution >= 0.6 is 35.0 Å². The van der Waals surface area contributed by atoms with Gasteiger partial charge in [-0.25, -0.2) is 0 Å². The first kappa shape index (κ1) is 10.0. The lowest BCUT2D eigenvalue weighted by molar-refractivity contribution is 0.368. The van der Waals surface area contributed by atoms with E-state index in [1.807, 2.05) is 0 Å². The third kappa shape index (κ3) is 3.04. The second kappa shape index (κ2) is 5.55. The summed E-state index contributed by atoms with van der Waals surface area (Å²) in [6, 6.07) is 0.